The molecular formula is C12H18IN3O3. The molecule has 6 nitrogen and oxygen atoms in total. The van der Waals surface area contributed by atoms with Crippen LogP contribution < -0.4 is 9.64 Å². The highest BCUT2D eigenvalue weighted by atomic mass is 127. The molecule has 1 N–H and O–H groups in total. The van der Waals surface area contributed by atoms with E-state index in [1.165, 1.54) is 0 Å². The summed E-state index contributed by atoms with van der Waals surface area (Å²) >= 11 is 2.14. The third-order valence-electron chi connectivity index (χ3n) is 3.26. The number of nitrogens with zero attached hydrogens (tertiary/aromatic N) is 3. The Hall–Kier alpha value is -0.670. The van der Waals surface area contributed by atoms with Crippen LogP contribution in [0.5, 0.6) is 6.01 Å². The number of aliphatic hydroxyl groups is 1. The molecule has 2 rings (SSSR count). The summed E-state index contributed by atoms with van der Waals surface area (Å²) in [5, 5.41) is 9.44. The minimum Gasteiger partial charge on any atom is -0.467 e. The van der Waals surface area contributed by atoms with Gasteiger partial charge in [0.2, 0.25) is 0 Å². The predicted octanol–water partition coefficient (Wildman–Crippen LogP) is 0.923. The summed E-state index contributed by atoms with van der Waals surface area (Å²) in [4.78, 5) is 10.6. The van der Waals surface area contributed by atoms with Gasteiger partial charge in [0.05, 0.1) is 26.4 Å². The Morgan fingerprint density at radius 3 is 3.05 bits per heavy atom. The van der Waals surface area contributed by atoms with Crippen LogP contribution in [-0.2, 0) is 4.74 Å². The molecule has 0 aromatic carbocycles. The van der Waals surface area contributed by atoms with Crippen molar-refractivity contribution in [1.29, 1.82) is 0 Å². The number of anilines is 1. The normalized spacial score (nSPS) is 24.1. The summed E-state index contributed by atoms with van der Waals surface area (Å²) in [6.45, 7) is 4.19. The lowest BCUT2D eigenvalue weighted by molar-refractivity contribution is 0.0256. The van der Waals surface area contributed by atoms with Crippen LogP contribution in [0.15, 0.2) is 6.07 Å². The Balaban J connectivity index is 2.22. The number of methoxy groups -OCH3 is 1. The fourth-order valence-corrected chi connectivity index (χ4v) is 2.55. The van der Waals surface area contributed by atoms with Crippen LogP contribution in [0.2, 0.25) is 0 Å². The molecule has 106 valence electrons. The van der Waals surface area contributed by atoms with Gasteiger partial charge in [-0.2, -0.15) is 9.97 Å². The van der Waals surface area contributed by atoms with E-state index in [0.717, 1.165) is 16.1 Å². The van der Waals surface area contributed by atoms with Crippen molar-refractivity contribution in [2.45, 2.75) is 13.0 Å². The van der Waals surface area contributed by atoms with Gasteiger partial charge in [-0.1, -0.05) is 0 Å². The van der Waals surface area contributed by atoms with Crippen LogP contribution in [0.4, 0.5) is 5.82 Å². The molecule has 0 bridgehead atoms. The molecule has 1 saturated heterocycles. The molecule has 2 atom stereocenters. The van der Waals surface area contributed by atoms with E-state index in [-0.39, 0.29) is 18.6 Å². The van der Waals surface area contributed by atoms with Crippen molar-refractivity contribution < 1.29 is 14.6 Å². The van der Waals surface area contributed by atoms with E-state index in [9.17, 15) is 5.11 Å². The monoisotopic (exact) mass is 379 g/mol. The molecule has 2 heterocycles. The Morgan fingerprint density at radius 2 is 2.37 bits per heavy atom. The third kappa shape index (κ3) is 3.67. The largest absolute Gasteiger partial charge is 0.467 e. The first-order valence-electron chi connectivity index (χ1n) is 6.20. The van der Waals surface area contributed by atoms with E-state index in [2.05, 4.69) is 37.5 Å². The van der Waals surface area contributed by atoms with E-state index in [0.29, 0.717) is 19.2 Å². The molecule has 1 aliphatic rings. The van der Waals surface area contributed by atoms with Gasteiger partial charge >= 0.3 is 6.01 Å². The molecule has 0 spiro atoms. The third-order valence-corrected chi connectivity index (χ3v) is 3.82. The van der Waals surface area contributed by atoms with Crippen LogP contribution in [-0.4, -0.2) is 54.6 Å². The lowest BCUT2D eigenvalue weighted by Crippen LogP contribution is -2.34. The van der Waals surface area contributed by atoms with Crippen LogP contribution in [0.1, 0.15) is 6.92 Å². The van der Waals surface area contributed by atoms with E-state index in [1.807, 2.05) is 13.0 Å². The van der Waals surface area contributed by atoms with Gasteiger partial charge in [-0.15, -0.1) is 0 Å². The Morgan fingerprint density at radius 1 is 1.58 bits per heavy atom. The zero-order chi connectivity index (χ0) is 13.8. The van der Waals surface area contributed by atoms with Crippen LogP contribution in [0, 0.1) is 9.62 Å². The van der Waals surface area contributed by atoms with Gasteiger partial charge in [0.15, 0.2) is 0 Å². The quantitative estimate of drug-likeness (QED) is 0.623. The first-order valence-corrected chi connectivity index (χ1v) is 7.28. The van der Waals surface area contributed by atoms with Crippen LogP contribution in [0.3, 0.4) is 0 Å². The minimum atomic E-state index is 0.0535. The zero-order valence-electron chi connectivity index (χ0n) is 11.0. The second-order valence-electron chi connectivity index (χ2n) is 4.50. The molecular weight excluding hydrogens is 361 g/mol. The summed E-state index contributed by atoms with van der Waals surface area (Å²) in [6.07, 6.45) is 0.0535. The van der Waals surface area contributed by atoms with E-state index in [4.69, 9.17) is 9.47 Å². The van der Waals surface area contributed by atoms with Crippen LogP contribution in [0.25, 0.3) is 0 Å². The number of halogens is 1. The highest BCUT2D eigenvalue weighted by Crippen LogP contribution is 2.22. The second-order valence-corrected chi connectivity index (χ2v) is 5.61. The van der Waals surface area contributed by atoms with Gasteiger partial charge in [0.1, 0.15) is 9.52 Å². The van der Waals surface area contributed by atoms with Gasteiger partial charge < -0.3 is 19.5 Å². The number of rotatable bonds is 3. The molecule has 0 aliphatic carbocycles. The molecule has 1 aromatic rings. The summed E-state index contributed by atoms with van der Waals surface area (Å²) in [6, 6.07) is 2.27. The maximum atomic E-state index is 9.44. The molecule has 0 radical (unpaired) electrons. The van der Waals surface area contributed by atoms with Gasteiger partial charge in [0, 0.05) is 25.1 Å². The van der Waals surface area contributed by atoms with Crippen molar-refractivity contribution in [3.8, 4) is 6.01 Å². The molecule has 0 amide bonds. The van der Waals surface area contributed by atoms with Crippen molar-refractivity contribution in [3.63, 3.8) is 0 Å². The van der Waals surface area contributed by atoms with Gasteiger partial charge in [-0.25, -0.2) is 0 Å². The summed E-state index contributed by atoms with van der Waals surface area (Å²) in [5.74, 6) is 0.897. The summed E-state index contributed by atoms with van der Waals surface area (Å²) < 4.78 is 11.6. The fourth-order valence-electron chi connectivity index (χ4n) is 2.06. The van der Waals surface area contributed by atoms with Gasteiger partial charge in [-0.3, -0.25) is 0 Å². The molecule has 7 heteroatoms. The minimum absolute atomic E-state index is 0.0535. The molecule has 19 heavy (non-hydrogen) atoms. The van der Waals surface area contributed by atoms with Crippen molar-refractivity contribution in [1.82, 2.24) is 9.97 Å². The van der Waals surface area contributed by atoms with Crippen LogP contribution >= 0.6 is 22.6 Å². The van der Waals surface area contributed by atoms with Crippen molar-refractivity contribution in [2.24, 2.45) is 5.92 Å². The smallest absolute Gasteiger partial charge is 0.319 e. The maximum Gasteiger partial charge on any atom is 0.319 e. The Labute approximate surface area is 126 Å². The lowest BCUT2D eigenvalue weighted by Gasteiger charge is -2.25. The summed E-state index contributed by atoms with van der Waals surface area (Å²) in [5.41, 5.74) is 0. The number of hydrogen-bond acceptors (Lipinski definition) is 6. The Bertz CT molecular complexity index is 433. The molecule has 1 fully saturated rings. The second kappa shape index (κ2) is 6.67. The molecule has 1 aromatic heterocycles. The highest BCUT2D eigenvalue weighted by molar-refractivity contribution is 14.1. The first-order chi connectivity index (χ1) is 9.13. The number of aromatic nitrogens is 2. The topological polar surface area (TPSA) is 67.7 Å². The van der Waals surface area contributed by atoms with E-state index >= 15 is 0 Å². The van der Waals surface area contributed by atoms with E-state index in [1.54, 1.807) is 7.11 Å². The predicted molar refractivity (Wildman–Crippen MR) is 79.5 cm³/mol. The number of hydrogen-bond donors (Lipinski definition) is 1. The SMILES string of the molecule is COc1nc(I)cc(N2CCOC(C)[C@@H](CO)C2)n1. The fraction of sp³-hybridized carbons (Fsp3) is 0.667. The summed E-state index contributed by atoms with van der Waals surface area (Å²) in [7, 11) is 1.55. The standard InChI is InChI=1S/C12H18IN3O3/c1-8-9(7-17)6-16(3-4-19-8)11-5-10(13)14-12(15-11)18-2/h5,8-9,17H,3-4,6-7H2,1-2H3/t8?,9-/m1/s1. The van der Waals surface area contributed by atoms with Gasteiger partial charge in [-0.05, 0) is 29.5 Å². The molecule has 0 saturated carbocycles. The average Bonchev–Trinajstić information content (AvgIpc) is 2.59. The number of aliphatic hydroxyl groups excluding tert-OH is 1. The van der Waals surface area contributed by atoms with Crippen molar-refractivity contribution >= 4 is 28.4 Å². The molecule has 1 unspecified atom stereocenters. The highest BCUT2D eigenvalue weighted by Gasteiger charge is 2.25. The number of ether oxygens (including phenoxy) is 2. The van der Waals surface area contributed by atoms with Crippen molar-refractivity contribution in [3.05, 3.63) is 9.77 Å². The Kier molecular flexibility index (Phi) is 5.17. The first kappa shape index (κ1) is 14.7. The maximum absolute atomic E-state index is 9.44. The lowest BCUT2D eigenvalue weighted by atomic mass is 10.0. The van der Waals surface area contributed by atoms with Gasteiger partial charge in [0.25, 0.3) is 0 Å². The average molecular weight is 379 g/mol. The van der Waals surface area contributed by atoms with Crippen molar-refractivity contribution in [2.75, 3.05) is 38.3 Å². The molecule has 1 aliphatic heterocycles. The van der Waals surface area contributed by atoms with E-state index < -0.39 is 0 Å². The zero-order valence-corrected chi connectivity index (χ0v) is 13.2.